The minimum Gasteiger partial charge on any atom is -0.477 e. The number of aliphatic carboxylic acids is 2. The maximum atomic E-state index is 10.3. The highest BCUT2D eigenvalue weighted by atomic mass is 16.4. The van der Waals surface area contributed by atoms with Crippen LogP contribution in [-0.2, 0) is 9.59 Å². The third-order valence-electron chi connectivity index (χ3n) is 1.10. The second-order valence-electron chi connectivity index (χ2n) is 1.74. The number of nitrogens with zero attached hydrogens (tertiary/aromatic N) is 3. The molecule has 0 aromatic rings. The Labute approximate surface area is 60.1 Å². The summed E-state index contributed by atoms with van der Waals surface area (Å²) in [4.78, 5) is 23.7. The van der Waals surface area contributed by atoms with E-state index in [1.807, 2.05) is 0 Å². The van der Waals surface area contributed by atoms with E-state index in [0.717, 1.165) is 6.34 Å². The summed E-state index contributed by atoms with van der Waals surface area (Å²) in [5.74, 6) is -3.30. The van der Waals surface area contributed by atoms with Crippen LogP contribution in [0.3, 0.4) is 0 Å². The first kappa shape index (κ1) is 7.32. The van der Waals surface area contributed by atoms with Gasteiger partial charge in [-0.15, -0.1) is 10.2 Å². The Morgan fingerprint density at radius 2 is 1.82 bits per heavy atom. The maximum absolute atomic E-state index is 10.3. The molecule has 2 N–H and O–H groups in total. The Hall–Kier alpha value is -1.79. The van der Waals surface area contributed by atoms with Gasteiger partial charge >= 0.3 is 17.6 Å². The van der Waals surface area contributed by atoms with Crippen molar-refractivity contribution in [3.63, 3.8) is 0 Å². The molecule has 1 heterocycles. The van der Waals surface area contributed by atoms with E-state index in [4.69, 9.17) is 10.2 Å². The Balaban J connectivity index is 3.09. The number of carbonyl (C=O) groups is 2. The molecule has 0 unspecified atom stereocenters. The normalized spacial score (nSPS) is 18.5. The predicted molar refractivity (Wildman–Crippen MR) is 31.4 cm³/mol. The number of carboxylic acids is 2. The van der Waals surface area contributed by atoms with Crippen molar-refractivity contribution in [2.75, 3.05) is 0 Å². The van der Waals surface area contributed by atoms with Gasteiger partial charge in [-0.1, -0.05) is 0 Å². The third-order valence-corrected chi connectivity index (χ3v) is 1.10. The van der Waals surface area contributed by atoms with Crippen LogP contribution in [0.5, 0.6) is 0 Å². The van der Waals surface area contributed by atoms with Gasteiger partial charge < -0.3 is 10.2 Å². The maximum Gasteiger partial charge on any atom is 0.368 e. The van der Waals surface area contributed by atoms with Gasteiger partial charge in [0.15, 0.2) is 0 Å². The molecule has 58 valence electrons. The van der Waals surface area contributed by atoms with Crippen LogP contribution in [0.2, 0.25) is 0 Å². The Morgan fingerprint density at radius 1 is 1.27 bits per heavy atom. The summed E-state index contributed by atoms with van der Waals surface area (Å²) in [5, 5.41) is 22.8. The van der Waals surface area contributed by atoms with Crippen LogP contribution in [0, 0.1) is 0 Å². The van der Waals surface area contributed by atoms with E-state index < -0.39 is 17.6 Å². The van der Waals surface area contributed by atoms with E-state index in [9.17, 15) is 9.59 Å². The molecule has 1 aliphatic heterocycles. The molecule has 0 amide bonds. The fourth-order valence-corrected chi connectivity index (χ4v) is 0.532. The lowest BCUT2D eigenvalue weighted by molar-refractivity contribution is -0.156. The van der Waals surface area contributed by atoms with Crippen molar-refractivity contribution in [3.05, 3.63) is 0 Å². The van der Waals surface area contributed by atoms with Crippen molar-refractivity contribution >= 4 is 18.3 Å². The van der Waals surface area contributed by atoms with E-state index in [-0.39, 0.29) is 0 Å². The molecular formula is C4H3N3O4. The van der Waals surface area contributed by atoms with Crippen LogP contribution >= 0.6 is 0 Å². The number of carboxylic acid groups (broad SMARTS) is 2. The molecule has 1 aliphatic rings. The SMILES string of the molecule is O=C(O)C1(C(=O)O)N=CN=N1. The van der Waals surface area contributed by atoms with Crippen molar-refractivity contribution in [3.8, 4) is 0 Å². The summed E-state index contributed by atoms with van der Waals surface area (Å²) in [5.41, 5.74) is -2.44. The lowest BCUT2D eigenvalue weighted by atomic mass is 10.2. The standard InChI is InChI=1S/C4H3N3O4/c8-2(9)4(3(10)11)5-1-6-7-4/h1H,(H,8,9)(H,10,11). The summed E-state index contributed by atoms with van der Waals surface area (Å²) in [6.45, 7) is 0. The molecule has 0 aromatic heterocycles. The van der Waals surface area contributed by atoms with Crippen LogP contribution in [0.1, 0.15) is 0 Å². The zero-order chi connectivity index (χ0) is 8.48. The molecule has 0 fully saturated rings. The van der Waals surface area contributed by atoms with E-state index in [1.54, 1.807) is 0 Å². The van der Waals surface area contributed by atoms with Crippen molar-refractivity contribution in [2.24, 2.45) is 15.2 Å². The fraction of sp³-hybridized carbons (Fsp3) is 0.250. The summed E-state index contributed by atoms with van der Waals surface area (Å²) >= 11 is 0. The van der Waals surface area contributed by atoms with Crippen LogP contribution in [0.25, 0.3) is 0 Å². The monoisotopic (exact) mass is 157 g/mol. The van der Waals surface area contributed by atoms with Crippen LogP contribution < -0.4 is 0 Å². The number of hydrogen-bond donors (Lipinski definition) is 2. The highest BCUT2D eigenvalue weighted by Crippen LogP contribution is 2.17. The van der Waals surface area contributed by atoms with Crippen LogP contribution in [0.15, 0.2) is 15.2 Å². The smallest absolute Gasteiger partial charge is 0.368 e. The molecule has 0 spiro atoms. The molecule has 0 aromatic carbocycles. The molecule has 0 bridgehead atoms. The van der Waals surface area contributed by atoms with Gasteiger partial charge in [0.25, 0.3) is 0 Å². The fourth-order valence-electron chi connectivity index (χ4n) is 0.532. The third kappa shape index (κ3) is 0.858. The summed E-state index contributed by atoms with van der Waals surface area (Å²) in [6, 6.07) is 0. The van der Waals surface area contributed by atoms with Crippen molar-refractivity contribution < 1.29 is 19.8 Å². The first-order valence-electron chi connectivity index (χ1n) is 2.52. The quantitative estimate of drug-likeness (QED) is 0.518. The summed E-state index contributed by atoms with van der Waals surface area (Å²) in [7, 11) is 0. The second kappa shape index (κ2) is 2.11. The zero-order valence-corrected chi connectivity index (χ0v) is 5.13. The highest BCUT2D eigenvalue weighted by Gasteiger charge is 2.49. The van der Waals surface area contributed by atoms with E-state index >= 15 is 0 Å². The number of aliphatic imine (C=N–C) groups is 1. The van der Waals surface area contributed by atoms with Gasteiger partial charge in [-0.2, -0.15) is 0 Å². The topological polar surface area (TPSA) is 112 Å². The first-order chi connectivity index (χ1) is 5.09. The van der Waals surface area contributed by atoms with Crippen molar-refractivity contribution in [2.45, 2.75) is 5.66 Å². The summed E-state index contributed by atoms with van der Waals surface area (Å²) < 4.78 is 0. The lowest BCUT2D eigenvalue weighted by Gasteiger charge is -2.08. The molecule has 0 radical (unpaired) electrons. The van der Waals surface area contributed by atoms with Gasteiger partial charge in [0.05, 0.1) is 0 Å². The number of rotatable bonds is 2. The Kier molecular flexibility index (Phi) is 1.41. The molecule has 0 saturated carbocycles. The van der Waals surface area contributed by atoms with Gasteiger partial charge in [-0.3, -0.25) is 0 Å². The van der Waals surface area contributed by atoms with Crippen LogP contribution in [-0.4, -0.2) is 34.2 Å². The van der Waals surface area contributed by atoms with Gasteiger partial charge in [-0.05, 0) is 0 Å². The molecule has 7 nitrogen and oxygen atoms in total. The van der Waals surface area contributed by atoms with Gasteiger partial charge in [-0.25, -0.2) is 14.6 Å². The average molecular weight is 157 g/mol. The number of hydrogen-bond acceptors (Lipinski definition) is 5. The van der Waals surface area contributed by atoms with Crippen molar-refractivity contribution in [1.29, 1.82) is 0 Å². The van der Waals surface area contributed by atoms with Crippen LogP contribution in [0.4, 0.5) is 0 Å². The zero-order valence-electron chi connectivity index (χ0n) is 5.13. The van der Waals surface area contributed by atoms with E-state index in [0.29, 0.717) is 0 Å². The molecular weight excluding hydrogens is 154 g/mol. The van der Waals surface area contributed by atoms with E-state index in [2.05, 4.69) is 15.2 Å². The van der Waals surface area contributed by atoms with Gasteiger partial charge in [0.2, 0.25) is 0 Å². The molecule has 11 heavy (non-hydrogen) atoms. The summed E-state index contributed by atoms with van der Waals surface area (Å²) in [6.07, 6.45) is 0.794. The van der Waals surface area contributed by atoms with E-state index in [1.165, 1.54) is 0 Å². The molecule has 1 rings (SSSR count). The first-order valence-corrected chi connectivity index (χ1v) is 2.52. The average Bonchev–Trinajstić information content (AvgIpc) is 2.34. The highest BCUT2D eigenvalue weighted by molar-refractivity contribution is 6.04. The predicted octanol–water partition coefficient (Wildman–Crippen LogP) is -0.654. The number of azo groups is 1. The minimum absolute atomic E-state index is 0.794. The molecule has 0 atom stereocenters. The Morgan fingerprint density at radius 3 is 2.00 bits per heavy atom. The lowest BCUT2D eigenvalue weighted by Crippen LogP contribution is -2.41. The van der Waals surface area contributed by atoms with Gasteiger partial charge in [0, 0.05) is 0 Å². The minimum atomic E-state index is -2.44. The Bertz CT molecular complexity index is 241. The molecule has 0 aliphatic carbocycles. The second-order valence-corrected chi connectivity index (χ2v) is 1.74. The molecule has 7 heteroatoms. The largest absolute Gasteiger partial charge is 0.477 e. The van der Waals surface area contributed by atoms with Gasteiger partial charge in [0.1, 0.15) is 6.34 Å². The molecule has 0 saturated heterocycles. The van der Waals surface area contributed by atoms with Crippen molar-refractivity contribution in [1.82, 2.24) is 0 Å².